The number of carboxylic acid groups (broad SMARTS) is 3. The summed E-state index contributed by atoms with van der Waals surface area (Å²) in [7, 11) is 0. The molecular formula is C14H17ClO6. The Hall–Kier alpha value is -2.08. The van der Waals surface area contributed by atoms with E-state index in [0.717, 1.165) is 24.1 Å². The molecule has 1 rings (SSSR count). The van der Waals surface area contributed by atoms with Gasteiger partial charge in [0.1, 0.15) is 0 Å². The van der Waals surface area contributed by atoms with Crippen molar-refractivity contribution >= 4 is 29.5 Å². The van der Waals surface area contributed by atoms with Crippen molar-refractivity contribution in [3.05, 3.63) is 34.9 Å². The van der Waals surface area contributed by atoms with E-state index in [1.807, 2.05) is 0 Å². The van der Waals surface area contributed by atoms with E-state index in [4.69, 9.17) is 26.9 Å². The second kappa shape index (κ2) is 9.77. The lowest BCUT2D eigenvalue weighted by atomic mass is 10.0. The van der Waals surface area contributed by atoms with Crippen LogP contribution in [-0.4, -0.2) is 39.1 Å². The summed E-state index contributed by atoms with van der Waals surface area (Å²) in [6, 6.07) is 2.81. The fourth-order valence-corrected chi connectivity index (χ4v) is 1.57. The van der Waals surface area contributed by atoms with E-state index < -0.39 is 29.0 Å². The molecule has 0 heterocycles. The van der Waals surface area contributed by atoms with Crippen LogP contribution in [0.4, 0.5) is 0 Å². The summed E-state index contributed by atoms with van der Waals surface area (Å²) in [5.74, 6) is -3.37. The third-order valence-corrected chi connectivity index (χ3v) is 2.73. The molecule has 0 spiro atoms. The number of benzene rings is 1. The molecule has 0 aliphatic carbocycles. The molecule has 1 aromatic rings. The van der Waals surface area contributed by atoms with Crippen molar-refractivity contribution in [2.75, 3.05) is 5.88 Å². The third-order valence-electron chi connectivity index (χ3n) is 2.46. The molecule has 3 N–H and O–H groups in total. The van der Waals surface area contributed by atoms with E-state index in [2.05, 4.69) is 6.92 Å². The van der Waals surface area contributed by atoms with Gasteiger partial charge in [0.2, 0.25) is 0 Å². The smallest absolute Gasteiger partial charge is 0.336 e. The Bertz CT molecular complexity index is 508. The average molecular weight is 317 g/mol. The van der Waals surface area contributed by atoms with Gasteiger partial charge in [0.25, 0.3) is 0 Å². The molecule has 0 aromatic heterocycles. The molecule has 0 amide bonds. The van der Waals surface area contributed by atoms with Gasteiger partial charge >= 0.3 is 17.9 Å². The predicted octanol–water partition coefficient (Wildman–Crippen LogP) is 3.20. The third kappa shape index (κ3) is 6.76. The lowest BCUT2D eigenvalue weighted by Gasteiger charge is -2.02. The van der Waals surface area contributed by atoms with Gasteiger partial charge in [-0.25, -0.2) is 14.4 Å². The van der Waals surface area contributed by atoms with Crippen molar-refractivity contribution in [3.63, 3.8) is 0 Å². The summed E-state index contributed by atoms with van der Waals surface area (Å²) in [4.78, 5) is 31.8. The maximum absolute atomic E-state index is 10.6. The summed E-state index contributed by atoms with van der Waals surface area (Å²) in [6.45, 7) is 2.17. The molecule has 0 bridgehead atoms. The Morgan fingerprint density at radius 1 is 0.952 bits per heavy atom. The van der Waals surface area contributed by atoms with Gasteiger partial charge in [0, 0.05) is 5.88 Å². The van der Waals surface area contributed by atoms with Crippen molar-refractivity contribution in [2.45, 2.75) is 26.2 Å². The van der Waals surface area contributed by atoms with Gasteiger partial charge in [0.05, 0.1) is 16.7 Å². The Morgan fingerprint density at radius 3 is 1.86 bits per heavy atom. The maximum atomic E-state index is 10.6. The van der Waals surface area contributed by atoms with Gasteiger partial charge < -0.3 is 15.3 Å². The fourth-order valence-electron chi connectivity index (χ4n) is 1.39. The zero-order chi connectivity index (χ0) is 16.4. The van der Waals surface area contributed by atoms with Crippen LogP contribution in [0.15, 0.2) is 18.2 Å². The number of unbranched alkanes of at least 4 members (excludes halogenated alkanes) is 2. The number of rotatable bonds is 6. The number of hydrogen-bond acceptors (Lipinski definition) is 3. The highest BCUT2D eigenvalue weighted by Gasteiger charge is 2.17. The minimum atomic E-state index is -1.48. The zero-order valence-corrected chi connectivity index (χ0v) is 12.3. The molecule has 0 atom stereocenters. The van der Waals surface area contributed by atoms with Crippen molar-refractivity contribution < 1.29 is 29.7 Å². The van der Waals surface area contributed by atoms with Gasteiger partial charge in [-0.15, -0.1) is 11.6 Å². The zero-order valence-electron chi connectivity index (χ0n) is 11.5. The number of alkyl halides is 1. The van der Waals surface area contributed by atoms with E-state index >= 15 is 0 Å². The van der Waals surface area contributed by atoms with Crippen LogP contribution in [0, 0.1) is 0 Å². The Labute approximate surface area is 127 Å². The number of aromatic carboxylic acids is 3. The molecule has 0 saturated carbocycles. The number of hydrogen-bond donors (Lipinski definition) is 3. The minimum absolute atomic E-state index is 0.266. The first kappa shape index (κ1) is 18.9. The average Bonchev–Trinajstić information content (AvgIpc) is 2.44. The monoisotopic (exact) mass is 316 g/mol. The van der Waals surface area contributed by atoms with Crippen LogP contribution in [0.25, 0.3) is 0 Å². The Morgan fingerprint density at radius 2 is 1.52 bits per heavy atom. The number of carbonyl (C=O) groups is 3. The molecule has 0 aliphatic rings. The highest BCUT2D eigenvalue weighted by atomic mass is 35.5. The van der Waals surface area contributed by atoms with Gasteiger partial charge in [-0.1, -0.05) is 19.8 Å². The summed E-state index contributed by atoms with van der Waals surface area (Å²) in [6.07, 6.45) is 3.73. The first-order valence-corrected chi connectivity index (χ1v) is 6.78. The highest BCUT2D eigenvalue weighted by Crippen LogP contribution is 2.12. The second-order valence-corrected chi connectivity index (χ2v) is 4.45. The summed E-state index contributed by atoms with van der Waals surface area (Å²) in [5, 5.41) is 25.9. The molecule has 116 valence electrons. The van der Waals surface area contributed by atoms with E-state index in [0.29, 0.717) is 0 Å². The largest absolute Gasteiger partial charge is 0.478 e. The molecule has 1 aromatic carbocycles. The first-order chi connectivity index (χ1) is 9.84. The maximum Gasteiger partial charge on any atom is 0.336 e. The second-order valence-electron chi connectivity index (χ2n) is 4.07. The van der Waals surface area contributed by atoms with Crippen LogP contribution in [0.3, 0.4) is 0 Å². The van der Waals surface area contributed by atoms with Crippen molar-refractivity contribution in [1.82, 2.24) is 0 Å². The van der Waals surface area contributed by atoms with Crippen molar-refractivity contribution in [2.24, 2.45) is 0 Å². The standard InChI is InChI=1S/C9H6O6.C5H11Cl/c10-7(11)4-1-2-5(8(12)13)6(3-4)9(14)15;1-2-3-4-5-6/h1-3H,(H,10,11)(H,12,13)(H,14,15);2-5H2,1H3. The molecule has 7 heteroatoms. The van der Waals surface area contributed by atoms with Crippen molar-refractivity contribution in [1.29, 1.82) is 0 Å². The van der Waals surface area contributed by atoms with Crippen LogP contribution < -0.4 is 0 Å². The normalized spacial score (nSPS) is 9.43. The van der Waals surface area contributed by atoms with Gasteiger partial charge in [-0.3, -0.25) is 0 Å². The summed E-state index contributed by atoms with van der Waals surface area (Å²) in [5.41, 5.74) is -1.24. The number of halogens is 1. The quantitative estimate of drug-likeness (QED) is 0.549. The SMILES string of the molecule is CCCCCCl.O=C(O)c1ccc(C(=O)O)c(C(=O)O)c1. The van der Waals surface area contributed by atoms with Crippen LogP contribution >= 0.6 is 11.6 Å². The highest BCUT2D eigenvalue weighted by molar-refractivity contribution is 6.17. The molecule has 0 aliphatic heterocycles. The molecule has 0 unspecified atom stereocenters. The summed E-state index contributed by atoms with van der Waals surface area (Å²) < 4.78 is 0. The molecular weight excluding hydrogens is 300 g/mol. The Balaban J connectivity index is 0.000000567. The molecule has 0 saturated heterocycles. The molecule has 0 radical (unpaired) electrons. The van der Waals surface area contributed by atoms with Gasteiger partial charge in [-0.2, -0.15) is 0 Å². The number of carboxylic acids is 3. The van der Waals surface area contributed by atoms with Crippen LogP contribution in [-0.2, 0) is 0 Å². The first-order valence-electron chi connectivity index (χ1n) is 6.25. The lowest BCUT2D eigenvalue weighted by molar-refractivity contribution is 0.0649. The summed E-state index contributed by atoms with van der Waals surface area (Å²) >= 11 is 5.38. The van der Waals surface area contributed by atoms with Crippen LogP contribution in [0.2, 0.25) is 0 Å². The van der Waals surface area contributed by atoms with Crippen molar-refractivity contribution in [3.8, 4) is 0 Å². The fraction of sp³-hybridized carbons (Fsp3) is 0.357. The Kier molecular flexibility index (Phi) is 8.80. The topological polar surface area (TPSA) is 112 Å². The predicted molar refractivity (Wildman–Crippen MR) is 77.6 cm³/mol. The molecule has 6 nitrogen and oxygen atoms in total. The van der Waals surface area contributed by atoms with E-state index in [-0.39, 0.29) is 5.56 Å². The molecule has 0 fully saturated rings. The van der Waals surface area contributed by atoms with E-state index in [1.54, 1.807) is 0 Å². The van der Waals surface area contributed by atoms with Gasteiger partial charge in [0.15, 0.2) is 0 Å². The molecule has 21 heavy (non-hydrogen) atoms. The van der Waals surface area contributed by atoms with E-state index in [1.165, 1.54) is 19.3 Å². The van der Waals surface area contributed by atoms with Gasteiger partial charge in [-0.05, 0) is 24.6 Å². The minimum Gasteiger partial charge on any atom is -0.478 e. The van der Waals surface area contributed by atoms with Crippen LogP contribution in [0.1, 0.15) is 57.3 Å². The van der Waals surface area contributed by atoms with Crippen LogP contribution in [0.5, 0.6) is 0 Å². The lowest BCUT2D eigenvalue weighted by Crippen LogP contribution is -2.10. The van der Waals surface area contributed by atoms with E-state index in [9.17, 15) is 14.4 Å².